The maximum atomic E-state index is 12.9. The first-order valence-corrected chi connectivity index (χ1v) is 11.8. The van der Waals surface area contributed by atoms with Gasteiger partial charge >= 0.3 is 5.97 Å². The Labute approximate surface area is 201 Å². The Hall–Kier alpha value is -2.58. The molecule has 6 nitrogen and oxygen atoms in total. The molecule has 0 aromatic heterocycles. The standard InChI is InChI=1S/C24H18Br2N2O4/c1-12-3-2-4-15(7-12)24(31)32-21-16(9-17(25)10-18(21)26)11-27-28-22(29)19-13-5-6-14(8-13)20(19)23(28)30/h2-7,9-11,13-14,19-20H,8H2,1H3/t13-,14-,19-,20+/m0/s1. The number of hydrogen-bond acceptors (Lipinski definition) is 5. The highest BCUT2D eigenvalue weighted by atomic mass is 79.9. The van der Waals surface area contributed by atoms with Gasteiger partial charge in [-0.3, -0.25) is 9.59 Å². The molecule has 0 spiro atoms. The number of halogens is 2. The maximum absolute atomic E-state index is 12.9. The zero-order valence-electron chi connectivity index (χ0n) is 17.0. The van der Waals surface area contributed by atoms with E-state index in [1.807, 2.05) is 25.1 Å². The quantitative estimate of drug-likeness (QED) is 0.176. The van der Waals surface area contributed by atoms with Gasteiger partial charge in [0.1, 0.15) is 0 Å². The lowest BCUT2D eigenvalue weighted by Crippen LogP contribution is -2.28. The lowest BCUT2D eigenvalue weighted by molar-refractivity contribution is -0.140. The molecule has 32 heavy (non-hydrogen) atoms. The number of carbonyl (C=O) groups is 3. The zero-order valence-corrected chi connectivity index (χ0v) is 20.2. The van der Waals surface area contributed by atoms with Crippen LogP contribution in [0.4, 0.5) is 0 Å². The van der Waals surface area contributed by atoms with Crippen LogP contribution < -0.4 is 4.74 Å². The summed E-state index contributed by atoms with van der Waals surface area (Å²) in [5.74, 6) is -1.19. The molecule has 2 aromatic carbocycles. The van der Waals surface area contributed by atoms with Gasteiger partial charge in [-0.2, -0.15) is 10.1 Å². The number of nitrogens with zero attached hydrogens (tertiary/aromatic N) is 2. The van der Waals surface area contributed by atoms with Crippen molar-refractivity contribution in [2.45, 2.75) is 13.3 Å². The number of rotatable bonds is 4. The van der Waals surface area contributed by atoms with Crippen LogP contribution in [0.5, 0.6) is 5.75 Å². The van der Waals surface area contributed by atoms with E-state index in [0.717, 1.165) is 21.5 Å². The molecule has 3 aliphatic rings. The summed E-state index contributed by atoms with van der Waals surface area (Å²) in [6.45, 7) is 1.89. The summed E-state index contributed by atoms with van der Waals surface area (Å²) >= 11 is 6.85. The highest BCUT2D eigenvalue weighted by Gasteiger charge is 2.59. The van der Waals surface area contributed by atoms with Crippen LogP contribution in [0.1, 0.15) is 27.9 Å². The average molecular weight is 558 g/mol. The second kappa shape index (κ2) is 8.08. The molecule has 4 atom stereocenters. The number of hydrazone groups is 1. The van der Waals surface area contributed by atoms with E-state index >= 15 is 0 Å². The van der Waals surface area contributed by atoms with Crippen molar-refractivity contribution >= 4 is 55.9 Å². The summed E-state index contributed by atoms with van der Waals surface area (Å²) in [4.78, 5) is 38.5. The number of amides is 2. The number of benzene rings is 2. The molecule has 0 radical (unpaired) electrons. The average Bonchev–Trinajstić information content (AvgIpc) is 3.43. The fourth-order valence-electron chi connectivity index (χ4n) is 4.83. The maximum Gasteiger partial charge on any atom is 0.343 e. The van der Waals surface area contributed by atoms with Crippen LogP contribution in [-0.2, 0) is 9.59 Å². The predicted octanol–water partition coefficient (Wildman–Crippen LogP) is 4.88. The Bertz CT molecular complexity index is 1190. The van der Waals surface area contributed by atoms with Gasteiger partial charge in [0.25, 0.3) is 11.8 Å². The summed E-state index contributed by atoms with van der Waals surface area (Å²) in [6, 6.07) is 10.6. The first-order chi connectivity index (χ1) is 15.3. The van der Waals surface area contributed by atoms with Crippen molar-refractivity contribution in [2.75, 3.05) is 0 Å². The summed E-state index contributed by atoms with van der Waals surface area (Å²) in [6.07, 6.45) is 6.33. The van der Waals surface area contributed by atoms with Crippen molar-refractivity contribution in [3.8, 4) is 5.75 Å². The number of allylic oxidation sites excluding steroid dienone is 2. The Kier molecular flexibility index (Phi) is 5.37. The van der Waals surface area contributed by atoms with Crippen LogP contribution in [0.15, 0.2) is 62.6 Å². The summed E-state index contributed by atoms with van der Waals surface area (Å²) < 4.78 is 6.92. The highest BCUT2D eigenvalue weighted by Crippen LogP contribution is 2.52. The van der Waals surface area contributed by atoms with Crippen LogP contribution in [0, 0.1) is 30.6 Å². The van der Waals surface area contributed by atoms with Crippen molar-refractivity contribution in [2.24, 2.45) is 28.8 Å². The van der Waals surface area contributed by atoms with Gasteiger partial charge in [0.15, 0.2) is 5.75 Å². The van der Waals surface area contributed by atoms with Crippen LogP contribution >= 0.6 is 31.9 Å². The second-order valence-corrected chi connectivity index (χ2v) is 10.1. The third-order valence-electron chi connectivity index (χ3n) is 6.25. The molecule has 2 aromatic rings. The number of hydrogen-bond donors (Lipinski definition) is 0. The van der Waals surface area contributed by atoms with E-state index in [-0.39, 0.29) is 41.2 Å². The Balaban J connectivity index is 1.43. The number of carbonyl (C=O) groups excluding carboxylic acids is 3. The van der Waals surface area contributed by atoms with Crippen LogP contribution in [0.3, 0.4) is 0 Å². The minimum atomic E-state index is -0.517. The van der Waals surface area contributed by atoms with Crippen molar-refractivity contribution in [3.63, 3.8) is 0 Å². The monoisotopic (exact) mass is 556 g/mol. The predicted molar refractivity (Wildman–Crippen MR) is 125 cm³/mol. The third-order valence-corrected chi connectivity index (χ3v) is 7.29. The van der Waals surface area contributed by atoms with Gasteiger partial charge in [-0.1, -0.05) is 45.8 Å². The molecule has 2 bridgehead atoms. The first kappa shape index (κ1) is 21.3. The molecule has 162 valence electrons. The number of fused-ring (bicyclic) bond motifs is 5. The lowest BCUT2D eigenvalue weighted by Gasteiger charge is -2.13. The summed E-state index contributed by atoms with van der Waals surface area (Å²) in [5.41, 5.74) is 1.81. The molecule has 2 fully saturated rings. The SMILES string of the molecule is Cc1cccc(C(=O)Oc2c(Br)cc(Br)cc2C=NN2C(=O)[C@@H]3[C@H](C2=O)[C@H]2C=C[C@H]3C2)c1. The Morgan fingerprint density at radius 2 is 1.78 bits per heavy atom. The van der Waals surface area contributed by atoms with Crippen molar-refractivity contribution in [1.29, 1.82) is 0 Å². The largest absolute Gasteiger partial charge is 0.421 e. The van der Waals surface area contributed by atoms with E-state index in [0.29, 0.717) is 15.6 Å². The Morgan fingerprint density at radius 1 is 1.09 bits per heavy atom. The van der Waals surface area contributed by atoms with Crippen LogP contribution in [0.25, 0.3) is 0 Å². The smallest absolute Gasteiger partial charge is 0.343 e. The molecule has 1 aliphatic heterocycles. The van der Waals surface area contributed by atoms with Gasteiger partial charge in [-0.25, -0.2) is 4.79 Å². The van der Waals surface area contributed by atoms with Crippen molar-refractivity contribution < 1.29 is 19.1 Å². The zero-order chi connectivity index (χ0) is 22.6. The Morgan fingerprint density at radius 3 is 2.44 bits per heavy atom. The highest BCUT2D eigenvalue weighted by molar-refractivity contribution is 9.11. The molecule has 8 heteroatoms. The molecule has 5 rings (SSSR count). The topological polar surface area (TPSA) is 76.0 Å². The number of esters is 1. The van der Waals surface area contributed by atoms with Crippen LogP contribution in [0.2, 0.25) is 0 Å². The van der Waals surface area contributed by atoms with E-state index in [9.17, 15) is 14.4 Å². The summed E-state index contributed by atoms with van der Waals surface area (Å²) in [5, 5.41) is 5.19. The molecule has 1 heterocycles. The van der Waals surface area contributed by atoms with Gasteiger partial charge < -0.3 is 4.74 Å². The van der Waals surface area contributed by atoms with E-state index in [4.69, 9.17) is 4.74 Å². The van der Waals surface area contributed by atoms with E-state index in [2.05, 4.69) is 37.0 Å². The molecular weight excluding hydrogens is 540 g/mol. The van der Waals surface area contributed by atoms with E-state index in [1.165, 1.54) is 6.21 Å². The van der Waals surface area contributed by atoms with Gasteiger partial charge in [0.2, 0.25) is 0 Å². The third kappa shape index (κ3) is 3.55. The molecular formula is C24H18Br2N2O4. The van der Waals surface area contributed by atoms with Gasteiger partial charge in [0.05, 0.1) is 28.1 Å². The first-order valence-electron chi connectivity index (χ1n) is 10.2. The minimum absolute atomic E-state index is 0.118. The van der Waals surface area contributed by atoms with E-state index < -0.39 is 5.97 Å². The fraction of sp³-hybridized carbons (Fsp3) is 0.250. The van der Waals surface area contributed by atoms with Gasteiger partial charge in [0, 0.05) is 10.0 Å². The molecule has 2 amide bonds. The molecule has 1 saturated carbocycles. The minimum Gasteiger partial charge on any atom is -0.421 e. The summed E-state index contributed by atoms with van der Waals surface area (Å²) in [7, 11) is 0. The molecule has 1 saturated heterocycles. The fourth-order valence-corrected chi connectivity index (χ4v) is 6.17. The molecule has 2 aliphatic carbocycles. The molecule has 0 unspecified atom stereocenters. The van der Waals surface area contributed by atoms with Crippen molar-refractivity contribution in [3.05, 3.63) is 74.2 Å². The van der Waals surface area contributed by atoms with Gasteiger partial charge in [-0.05, 0) is 65.4 Å². The number of ether oxygens (including phenoxy) is 1. The molecule has 0 N–H and O–H groups in total. The van der Waals surface area contributed by atoms with Crippen molar-refractivity contribution in [1.82, 2.24) is 5.01 Å². The van der Waals surface area contributed by atoms with E-state index in [1.54, 1.807) is 30.3 Å². The second-order valence-electron chi connectivity index (χ2n) is 8.30. The van der Waals surface area contributed by atoms with Gasteiger partial charge in [-0.15, -0.1) is 0 Å². The van der Waals surface area contributed by atoms with Crippen LogP contribution in [-0.4, -0.2) is 29.0 Å². The number of imide groups is 1. The normalized spacial score (nSPS) is 25.8. The lowest BCUT2D eigenvalue weighted by atomic mass is 9.85. The number of aryl methyl sites for hydroxylation is 1.